The van der Waals surface area contributed by atoms with Gasteiger partial charge >= 0.3 is 0 Å². The summed E-state index contributed by atoms with van der Waals surface area (Å²) in [5.41, 5.74) is 0. The van der Waals surface area contributed by atoms with Gasteiger partial charge in [0.2, 0.25) is 0 Å². The van der Waals surface area contributed by atoms with Gasteiger partial charge in [-0.2, -0.15) is 0 Å². The van der Waals surface area contributed by atoms with Crippen molar-refractivity contribution in [1.82, 2.24) is 4.90 Å². The number of likely N-dealkylation sites (N-methyl/N-ethyl adjacent to an activating group) is 1. The molecule has 0 aliphatic rings. The third kappa shape index (κ3) is 17.9. The fourth-order valence-corrected chi connectivity index (χ4v) is 0.878. The van der Waals surface area contributed by atoms with Gasteiger partial charge in [-0.1, -0.05) is 34.6 Å². The summed E-state index contributed by atoms with van der Waals surface area (Å²) in [6.07, 6.45) is 0. The average Bonchev–Trinajstić information content (AvgIpc) is 2.12. The van der Waals surface area contributed by atoms with E-state index in [4.69, 9.17) is 4.74 Å². The molecule has 0 heterocycles. The molecule has 0 fully saturated rings. The number of hydrogen-bond donors (Lipinski definition) is 0. The van der Waals surface area contributed by atoms with Crippen LogP contribution in [0.15, 0.2) is 0 Å². The molecule has 0 amide bonds. The highest BCUT2D eigenvalue weighted by molar-refractivity contribution is 4.49. The Morgan fingerprint density at radius 2 is 1.43 bits per heavy atom. The molecule has 0 unspecified atom stereocenters. The van der Waals surface area contributed by atoms with Crippen molar-refractivity contribution in [3.8, 4) is 0 Å². The lowest BCUT2D eigenvalue weighted by Gasteiger charge is -2.16. The van der Waals surface area contributed by atoms with Crippen LogP contribution >= 0.6 is 0 Å². The molecule has 0 atom stereocenters. The minimum Gasteiger partial charge on any atom is -0.380 e. The second-order valence-corrected chi connectivity index (χ2v) is 3.96. The van der Waals surface area contributed by atoms with Gasteiger partial charge in [0.25, 0.3) is 0 Å². The molecule has 0 N–H and O–H groups in total. The van der Waals surface area contributed by atoms with E-state index in [1.807, 2.05) is 6.92 Å². The lowest BCUT2D eigenvalue weighted by atomic mass is 10.3. The smallest absolute Gasteiger partial charge is 0.0593 e. The van der Waals surface area contributed by atoms with Crippen LogP contribution in [-0.4, -0.2) is 37.7 Å². The topological polar surface area (TPSA) is 12.5 Å². The normalized spacial score (nSPS) is 10.3. The minimum atomic E-state index is 0.833. The molecule has 0 saturated heterocycles. The zero-order valence-electron chi connectivity index (χ0n) is 11.0. The van der Waals surface area contributed by atoms with Crippen LogP contribution in [0.4, 0.5) is 0 Å². The van der Waals surface area contributed by atoms with Crippen molar-refractivity contribution in [3.05, 3.63) is 0 Å². The Morgan fingerprint density at radius 3 is 1.71 bits per heavy atom. The maximum atomic E-state index is 5.23. The Kier molecular flexibility index (Phi) is 15.1. The van der Waals surface area contributed by atoms with E-state index in [-0.39, 0.29) is 0 Å². The molecule has 0 aromatic heterocycles. The first-order valence-corrected chi connectivity index (χ1v) is 5.88. The summed E-state index contributed by atoms with van der Waals surface area (Å²) >= 11 is 0. The lowest BCUT2D eigenvalue weighted by molar-refractivity contribution is 0.117. The van der Waals surface area contributed by atoms with E-state index in [1.54, 1.807) is 0 Å². The van der Waals surface area contributed by atoms with Gasteiger partial charge in [0.1, 0.15) is 0 Å². The fraction of sp³-hybridized carbons (Fsp3) is 1.00. The van der Waals surface area contributed by atoms with Crippen LogP contribution in [0.1, 0.15) is 41.5 Å². The van der Waals surface area contributed by atoms with Crippen molar-refractivity contribution >= 4 is 0 Å². The third-order valence-electron chi connectivity index (χ3n) is 1.65. The quantitative estimate of drug-likeness (QED) is 0.615. The second-order valence-electron chi connectivity index (χ2n) is 3.96. The molecule has 14 heavy (non-hydrogen) atoms. The van der Waals surface area contributed by atoms with Crippen molar-refractivity contribution < 1.29 is 4.74 Å². The van der Waals surface area contributed by atoms with Crippen LogP contribution in [0.2, 0.25) is 0 Å². The molecule has 0 rings (SSSR count). The number of rotatable bonds is 6. The predicted molar refractivity (Wildman–Crippen MR) is 64.8 cm³/mol. The van der Waals surface area contributed by atoms with Crippen LogP contribution in [0.5, 0.6) is 0 Å². The van der Waals surface area contributed by atoms with Gasteiger partial charge in [-0.15, -0.1) is 0 Å². The zero-order valence-corrected chi connectivity index (χ0v) is 11.0. The van der Waals surface area contributed by atoms with Gasteiger partial charge in [-0.05, 0) is 25.9 Å². The molecule has 88 valence electrons. The average molecular weight is 203 g/mol. The van der Waals surface area contributed by atoms with Crippen molar-refractivity contribution in [1.29, 1.82) is 0 Å². The maximum Gasteiger partial charge on any atom is 0.0593 e. The molecule has 0 aliphatic carbocycles. The van der Waals surface area contributed by atoms with Crippen LogP contribution in [-0.2, 0) is 4.74 Å². The first kappa shape index (κ1) is 16.4. The highest BCUT2D eigenvalue weighted by atomic mass is 16.5. The Morgan fingerprint density at radius 1 is 1.00 bits per heavy atom. The van der Waals surface area contributed by atoms with Crippen molar-refractivity contribution in [2.45, 2.75) is 41.5 Å². The van der Waals surface area contributed by atoms with Crippen LogP contribution < -0.4 is 0 Å². The number of nitrogens with zero attached hydrogens (tertiary/aromatic N) is 1. The molecule has 0 aromatic carbocycles. The van der Waals surface area contributed by atoms with E-state index in [1.165, 1.54) is 0 Å². The Labute approximate surface area is 90.6 Å². The predicted octanol–water partition coefficient (Wildman–Crippen LogP) is 3.03. The summed E-state index contributed by atoms with van der Waals surface area (Å²) in [6.45, 7) is 17.9. The van der Waals surface area contributed by atoms with Gasteiger partial charge < -0.3 is 9.64 Å². The van der Waals surface area contributed by atoms with Crippen LogP contribution in [0.25, 0.3) is 0 Å². The van der Waals surface area contributed by atoms with Gasteiger partial charge in [0.05, 0.1) is 6.61 Å². The van der Waals surface area contributed by atoms with E-state index >= 15 is 0 Å². The van der Waals surface area contributed by atoms with E-state index in [0.717, 1.165) is 38.8 Å². The largest absolute Gasteiger partial charge is 0.380 e. The minimum absolute atomic E-state index is 0.833. The zero-order chi connectivity index (χ0) is 11.4. The second kappa shape index (κ2) is 12.9. The van der Waals surface area contributed by atoms with Crippen LogP contribution in [0.3, 0.4) is 0 Å². The molecule has 0 aliphatic heterocycles. The first-order valence-electron chi connectivity index (χ1n) is 5.88. The standard InChI is InChI=1S/C8H19NO.C4H10/c1-4-9(5-2)7-8-10-6-3;1-4(2)3/h4-8H2,1-3H3;4H,1-3H3. The van der Waals surface area contributed by atoms with E-state index in [9.17, 15) is 0 Å². The summed E-state index contributed by atoms with van der Waals surface area (Å²) in [4.78, 5) is 2.36. The Bertz CT molecular complexity index is 87.6. The van der Waals surface area contributed by atoms with Gasteiger partial charge in [0, 0.05) is 13.2 Å². The highest BCUT2D eigenvalue weighted by Gasteiger charge is 1.95. The van der Waals surface area contributed by atoms with E-state index in [0.29, 0.717) is 0 Å². The molecule has 0 radical (unpaired) electrons. The van der Waals surface area contributed by atoms with Crippen LogP contribution in [0, 0.1) is 5.92 Å². The summed E-state index contributed by atoms with van der Waals surface area (Å²) in [5.74, 6) is 0.833. The van der Waals surface area contributed by atoms with Gasteiger partial charge in [0.15, 0.2) is 0 Å². The monoisotopic (exact) mass is 203 g/mol. The van der Waals surface area contributed by atoms with Crippen molar-refractivity contribution in [2.24, 2.45) is 5.92 Å². The van der Waals surface area contributed by atoms with E-state index in [2.05, 4.69) is 39.5 Å². The summed E-state index contributed by atoms with van der Waals surface area (Å²) in [5, 5.41) is 0. The highest BCUT2D eigenvalue weighted by Crippen LogP contribution is 1.85. The molecule has 2 heteroatoms. The maximum absolute atomic E-state index is 5.23. The fourth-order valence-electron chi connectivity index (χ4n) is 0.878. The molecule has 0 bridgehead atoms. The molecule has 0 spiro atoms. The van der Waals surface area contributed by atoms with Gasteiger partial charge in [-0.25, -0.2) is 0 Å². The van der Waals surface area contributed by atoms with E-state index < -0.39 is 0 Å². The SMILES string of the molecule is CC(C)C.CCOCCN(CC)CC. The number of ether oxygens (including phenoxy) is 1. The number of hydrogen-bond acceptors (Lipinski definition) is 2. The Balaban J connectivity index is 0. The molecule has 2 nitrogen and oxygen atoms in total. The molecule has 0 saturated carbocycles. The molecule has 0 aromatic rings. The summed E-state index contributed by atoms with van der Waals surface area (Å²) < 4.78 is 5.23. The van der Waals surface area contributed by atoms with Gasteiger partial charge in [-0.3, -0.25) is 0 Å². The Hall–Kier alpha value is -0.0800. The first-order chi connectivity index (χ1) is 6.58. The molecular weight excluding hydrogens is 174 g/mol. The third-order valence-corrected chi connectivity index (χ3v) is 1.65. The summed E-state index contributed by atoms with van der Waals surface area (Å²) in [6, 6.07) is 0. The van der Waals surface area contributed by atoms with Crippen molar-refractivity contribution in [3.63, 3.8) is 0 Å². The molecular formula is C12H29NO. The van der Waals surface area contributed by atoms with Crippen molar-refractivity contribution in [2.75, 3.05) is 32.8 Å². The summed E-state index contributed by atoms with van der Waals surface area (Å²) in [7, 11) is 0. The lowest BCUT2D eigenvalue weighted by Crippen LogP contribution is -2.26.